The summed E-state index contributed by atoms with van der Waals surface area (Å²) in [6, 6.07) is 43.3. The molecule has 232 valence electrons. The fourth-order valence-electron chi connectivity index (χ4n) is 12.3. The van der Waals surface area contributed by atoms with E-state index >= 15 is 0 Å². The Balaban J connectivity index is 1.07. The number of hydrogen-bond acceptors (Lipinski definition) is 2. The molecule has 4 bridgehead atoms. The molecule has 2 heterocycles. The van der Waals surface area contributed by atoms with Gasteiger partial charge in [0.05, 0.1) is 11.4 Å². The molecule has 1 aliphatic heterocycles. The third-order valence-corrected chi connectivity index (χ3v) is 13.9. The van der Waals surface area contributed by atoms with Crippen LogP contribution in [0.2, 0.25) is 0 Å². The molecular formula is C45H41NO. The molecule has 5 aliphatic rings. The second-order valence-electron chi connectivity index (χ2n) is 15.7. The summed E-state index contributed by atoms with van der Waals surface area (Å²) in [7, 11) is 0. The summed E-state index contributed by atoms with van der Waals surface area (Å²) in [5, 5.41) is 2.35. The molecule has 1 spiro atoms. The van der Waals surface area contributed by atoms with E-state index in [-0.39, 0.29) is 5.41 Å². The van der Waals surface area contributed by atoms with Gasteiger partial charge in [-0.25, -0.2) is 0 Å². The average molecular weight is 612 g/mol. The average Bonchev–Trinajstić information content (AvgIpc) is 3.51. The number of hydrogen-bond donors (Lipinski definition) is 0. The summed E-state index contributed by atoms with van der Waals surface area (Å²) in [5.41, 5.74) is 11.6. The predicted molar refractivity (Wildman–Crippen MR) is 192 cm³/mol. The van der Waals surface area contributed by atoms with Crippen LogP contribution in [0.25, 0.3) is 33.1 Å². The zero-order valence-electron chi connectivity index (χ0n) is 27.1. The SMILES string of the molecule is CC1CC2CC3C1CC1CCC(C3C1)C21c2ccccc2N(c2ccc(-c3cccc4c3oc3ccccc34)cc2)c2ccccc21. The molecule has 47 heavy (non-hydrogen) atoms. The van der Waals surface area contributed by atoms with E-state index in [2.05, 4.69) is 127 Å². The number of para-hydroxylation sites is 4. The van der Waals surface area contributed by atoms with Crippen molar-refractivity contribution in [1.82, 2.24) is 0 Å². The smallest absolute Gasteiger partial charge is 0.143 e. The summed E-state index contributed by atoms with van der Waals surface area (Å²) in [4.78, 5) is 2.58. The van der Waals surface area contributed by atoms with Gasteiger partial charge in [0, 0.05) is 27.4 Å². The normalized spacial score (nSPS) is 29.6. The molecule has 2 heteroatoms. The van der Waals surface area contributed by atoms with Crippen molar-refractivity contribution in [2.24, 2.45) is 41.4 Å². The van der Waals surface area contributed by atoms with Crippen molar-refractivity contribution in [2.45, 2.75) is 50.9 Å². The molecule has 6 aromatic rings. The molecule has 2 nitrogen and oxygen atoms in total. The third kappa shape index (κ3) is 3.47. The zero-order valence-corrected chi connectivity index (χ0v) is 27.1. The Kier molecular flexibility index (Phi) is 5.48. The molecule has 5 aromatic carbocycles. The first-order valence-corrected chi connectivity index (χ1v) is 18.2. The Labute approximate surface area is 277 Å². The van der Waals surface area contributed by atoms with Crippen LogP contribution < -0.4 is 4.90 Å². The van der Waals surface area contributed by atoms with Gasteiger partial charge in [-0.3, -0.25) is 0 Å². The number of nitrogens with zero attached hydrogens (tertiary/aromatic N) is 1. The van der Waals surface area contributed by atoms with Crippen LogP contribution in [0.1, 0.15) is 56.6 Å². The molecule has 4 fully saturated rings. The Morgan fingerprint density at radius 1 is 0.617 bits per heavy atom. The second kappa shape index (κ2) is 9.63. The Morgan fingerprint density at radius 2 is 1.32 bits per heavy atom. The lowest BCUT2D eigenvalue weighted by Gasteiger charge is -2.67. The monoisotopic (exact) mass is 611 g/mol. The van der Waals surface area contributed by atoms with E-state index < -0.39 is 0 Å². The molecule has 11 rings (SSSR count). The third-order valence-electron chi connectivity index (χ3n) is 13.9. The van der Waals surface area contributed by atoms with Crippen LogP contribution in [0.5, 0.6) is 0 Å². The maximum Gasteiger partial charge on any atom is 0.143 e. The van der Waals surface area contributed by atoms with E-state index in [9.17, 15) is 0 Å². The van der Waals surface area contributed by atoms with Crippen LogP contribution in [0, 0.1) is 41.4 Å². The first-order chi connectivity index (χ1) is 23.2. The molecule has 1 aromatic heterocycles. The first-order valence-electron chi connectivity index (χ1n) is 18.2. The summed E-state index contributed by atoms with van der Waals surface area (Å²) in [6.45, 7) is 2.61. The standard InChI is InChI=1S/C45H41NO/c1-27-23-30-26-36-35(27)24-28-17-22-38(37(36)25-28)45(30)39-12-3-5-14-41(39)46(42-15-6-4-13-40(42)45)31-20-18-29(19-21-31)32-10-8-11-34-33-9-2-7-16-43(33)47-44(32)34/h2-16,18-21,27-28,30,35-38H,17,22-26H2,1H3. The first kappa shape index (κ1) is 26.7. The highest BCUT2D eigenvalue weighted by molar-refractivity contribution is 6.09. The number of furan rings is 1. The lowest BCUT2D eigenvalue weighted by Crippen LogP contribution is -2.62. The maximum absolute atomic E-state index is 6.42. The van der Waals surface area contributed by atoms with E-state index in [4.69, 9.17) is 4.42 Å². The van der Waals surface area contributed by atoms with Gasteiger partial charge in [-0.1, -0.05) is 98.3 Å². The molecule has 7 unspecified atom stereocenters. The van der Waals surface area contributed by atoms with Crippen LogP contribution in [-0.2, 0) is 5.41 Å². The Morgan fingerprint density at radius 3 is 2.13 bits per heavy atom. The lowest BCUT2D eigenvalue weighted by molar-refractivity contribution is -0.123. The molecule has 0 amide bonds. The minimum absolute atomic E-state index is 0.100. The minimum atomic E-state index is 0.100. The summed E-state index contributed by atoms with van der Waals surface area (Å²) in [5.74, 6) is 6.03. The maximum atomic E-state index is 6.42. The quantitative estimate of drug-likeness (QED) is 0.194. The number of rotatable bonds is 2. The Bertz CT molecular complexity index is 2140. The molecule has 0 radical (unpaired) electrons. The fraction of sp³-hybridized carbons (Fsp3) is 0.333. The van der Waals surface area contributed by atoms with Crippen LogP contribution in [0.3, 0.4) is 0 Å². The molecule has 4 aliphatic carbocycles. The predicted octanol–water partition coefficient (Wildman–Crippen LogP) is 12.1. The molecule has 4 saturated carbocycles. The van der Waals surface area contributed by atoms with Gasteiger partial charge >= 0.3 is 0 Å². The number of fused-ring (bicyclic) bond motifs is 11. The van der Waals surface area contributed by atoms with Crippen molar-refractivity contribution in [3.63, 3.8) is 0 Å². The van der Waals surface area contributed by atoms with Gasteiger partial charge in [0.25, 0.3) is 0 Å². The fourth-order valence-corrected chi connectivity index (χ4v) is 12.3. The Hall–Kier alpha value is -4.30. The molecular weight excluding hydrogens is 571 g/mol. The van der Waals surface area contributed by atoms with Crippen molar-refractivity contribution in [2.75, 3.05) is 4.90 Å². The van der Waals surface area contributed by atoms with E-state index in [1.807, 2.05) is 0 Å². The van der Waals surface area contributed by atoms with Crippen LogP contribution in [0.15, 0.2) is 120 Å². The molecule has 0 N–H and O–H groups in total. The van der Waals surface area contributed by atoms with Crippen LogP contribution in [0.4, 0.5) is 17.1 Å². The van der Waals surface area contributed by atoms with Crippen LogP contribution in [-0.4, -0.2) is 0 Å². The van der Waals surface area contributed by atoms with Crippen molar-refractivity contribution < 1.29 is 4.42 Å². The van der Waals surface area contributed by atoms with E-state index in [1.54, 1.807) is 11.1 Å². The minimum Gasteiger partial charge on any atom is -0.455 e. The number of anilines is 3. The van der Waals surface area contributed by atoms with Crippen LogP contribution >= 0.6 is 0 Å². The highest BCUT2D eigenvalue weighted by Gasteiger charge is 2.64. The molecule has 7 atom stereocenters. The van der Waals surface area contributed by atoms with Gasteiger partial charge in [0.2, 0.25) is 0 Å². The van der Waals surface area contributed by atoms with Gasteiger partial charge in [0.1, 0.15) is 11.2 Å². The summed E-state index contributed by atoms with van der Waals surface area (Å²) >= 11 is 0. The van der Waals surface area contributed by atoms with Gasteiger partial charge in [-0.05, 0) is 121 Å². The van der Waals surface area contributed by atoms with Crippen molar-refractivity contribution in [3.8, 4) is 11.1 Å². The number of benzene rings is 5. The van der Waals surface area contributed by atoms with Crippen molar-refractivity contribution in [3.05, 3.63) is 126 Å². The van der Waals surface area contributed by atoms with Gasteiger partial charge in [0.15, 0.2) is 0 Å². The van der Waals surface area contributed by atoms with Gasteiger partial charge in [-0.15, -0.1) is 0 Å². The van der Waals surface area contributed by atoms with E-state index in [1.165, 1.54) is 71.9 Å². The second-order valence-corrected chi connectivity index (χ2v) is 15.7. The highest BCUT2D eigenvalue weighted by atomic mass is 16.3. The highest BCUT2D eigenvalue weighted by Crippen LogP contribution is 2.71. The van der Waals surface area contributed by atoms with E-state index in [0.717, 1.165) is 52.2 Å². The lowest BCUT2D eigenvalue weighted by atomic mass is 9.37. The molecule has 0 saturated heterocycles. The van der Waals surface area contributed by atoms with Gasteiger partial charge < -0.3 is 9.32 Å². The van der Waals surface area contributed by atoms with E-state index in [0.29, 0.717) is 5.92 Å². The topological polar surface area (TPSA) is 16.4 Å². The summed E-state index contributed by atoms with van der Waals surface area (Å²) in [6.07, 6.45) is 8.61. The summed E-state index contributed by atoms with van der Waals surface area (Å²) < 4.78 is 6.42. The van der Waals surface area contributed by atoms with Gasteiger partial charge in [-0.2, -0.15) is 0 Å². The zero-order chi connectivity index (χ0) is 30.9. The van der Waals surface area contributed by atoms with Crippen molar-refractivity contribution >= 4 is 39.0 Å². The largest absolute Gasteiger partial charge is 0.455 e. The van der Waals surface area contributed by atoms with Crippen molar-refractivity contribution in [1.29, 1.82) is 0 Å².